The van der Waals surface area contributed by atoms with Gasteiger partial charge in [-0.15, -0.1) is 0 Å². The molecule has 2 N–H and O–H groups in total. The SMILES string of the molecule is CCCCCCCCCCCC(=O)OCCC(CO)(CCCCCCCC)NC. The molecule has 1 atom stereocenters. The minimum absolute atomic E-state index is 0.0875. The van der Waals surface area contributed by atoms with Gasteiger partial charge in [0.2, 0.25) is 0 Å². The van der Waals surface area contributed by atoms with Gasteiger partial charge in [-0.3, -0.25) is 4.79 Å². The Morgan fingerprint density at radius 1 is 0.759 bits per heavy atom. The van der Waals surface area contributed by atoms with Gasteiger partial charge in [0.05, 0.1) is 13.2 Å². The molecule has 0 radical (unpaired) electrons. The summed E-state index contributed by atoms with van der Waals surface area (Å²) in [7, 11) is 1.90. The Kier molecular flexibility index (Phi) is 20.2. The molecule has 0 aliphatic heterocycles. The number of unbranched alkanes of at least 4 members (excludes halogenated alkanes) is 13. The lowest BCUT2D eigenvalue weighted by molar-refractivity contribution is -0.144. The number of aliphatic hydroxyl groups excluding tert-OH is 1. The number of nitrogens with one attached hydrogen (secondary N) is 1. The van der Waals surface area contributed by atoms with E-state index < -0.39 is 0 Å². The molecule has 0 heterocycles. The van der Waals surface area contributed by atoms with Gasteiger partial charge in [-0.25, -0.2) is 0 Å². The van der Waals surface area contributed by atoms with Crippen molar-refractivity contribution < 1.29 is 14.6 Å². The van der Waals surface area contributed by atoms with E-state index in [1.807, 2.05) is 7.05 Å². The first kappa shape index (κ1) is 28.4. The van der Waals surface area contributed by atoms with Crippen molar-refractivity contribution in [2.24, 2.45) is 0 Å². The van der Waals surface area contributed by atoms with E-state index in [0.29, 0.717) is 19.4 Å². The minimum atomic E-state index is -0.317. The van der Waals surface area contributed by atoms with E-state index in [4.69, 9.17) is 4.74 Å². The summed E-state index contributed by atoms with van der Waals surface area (Å²) in [5, 5.41) is 13.2. The first-order chi connectivity index (χ1) is 14.1. The van der Waals surface area contributed by atoms with Crippen LogP contribution in [-0.4, -0.2) is 36.9 Å². The zero-order valence-electron chi connectivity index (χ0n) is 19.9. The summed E-state index contributed by atoms with van der Waals surface area (Å²) >= 11 is 0. The van der Waals surface area contributed by atoms with E-state index >= 15 is 0 Å². The third-order valence-corrected chi connectivity index (χ3v) is 6.17. The summed E-state index contributed by atoms with van der Waals surface area (Å²) in [6, 6.07) is 0. The molecule has 0 saturated heterocycles. The highest BCUT2D eigenvalue weighted by atomic mass is 16.5. The van der Waals surface area contributed by atoms with Gasteiger partial charge >= 0.3 is 5.97 Å². The molecular weight excluding hydrogens is 362 g/mol. The Morgan fingerprint density at radius 3 is 1.72 bits per heavy atom. The molecule has 0 amide bonds. The highest BCUT2D eigenvalue weighted by Crippen LogP contribution is 2.20. The van der Waals surface area contributed by atoms with Gasteiger partial charge < -0.3 is 15.2 Å². The van der Waals surface area contributed by atoms with Gasteiger partial charge in [0.1, 0.15) is 0 Å². The maximum Gasteiger partial charge on any atom is 0.305 e. The van der Waals surface area contributed by atoms with Gasteiger partial charge in [0, 0.05) is 18.4 Å². The van der Waals surface area contributed by atoms with E-state index in [1.165, 1.54) is 77.0 Å². The predicted molar refractivity (Wildman–Crippen MR) is 124 cm³/mol. The maximum absolute atomic E-state index is 12.0. The van der Waals surface area contributed by atoms with Crippen molar-refractivity contribution in [2.45, 2.75) is 135 Å². The lowest BCUT2D eigenvalue weighted by Crippen LogP contribution is -2.47. The quantitative estimate of drug-likeness (QED) is 0.156. The summed E-state index contributed by atoms with van der Waals surface area (Å²) < 4.78 is 5.44. The molecule has 174 valence electrons. The lowest BCUT2D eigenvalue weighted by atomic mass is 9.89. The molecule has 0 aliphatic rings. The normalized spacial score (nSPS) is 13.4. The van der Waals surface area contributed by atoms with Crippen molar-refractivity contribution in [1.29, 1.82) is 0 Å². The van der Waals surface area contributed by atoms with E-state index in [-0.39, 0.29) is 18.1 Å². The van der Waals surface area contributed by atoms with Crippen LogP contribution in [0.1, 0.15) is 129 Å². The third kappa shape index (κ3) is 16.8. The molecule has 0 fully saturated rings. The predicted octanol–water partition coefficient (Wildman–Crippen LogP) is 6.54. The Labute approximate surface area is 181 Å². The molecule has 1 unspecified atom stereocenters. The zero-order chi connectivity index (χ0) is 21.6. The van der Waals surface area contributed by atoms with Crippen molar-refractivity contribution in [2.75, 3.05) is 20.3 Å². The van der Waals surface area contributed by atoms with E-state index in [1.54, 1.807) is 0 Å². The Hall–Kier alpha value is -0.610. The number of carbonyl (C=O) groups excluding carboxylic acids is 1. The second-order valence-corrected chi connectivity index (χ2v) is 8.76. The van der Waals surface area contributed by atoms with Crippen LogP contribution in [-0.2, 0) is 9.53 Å². The Morgan fingerprint density at radius 2 is 1.24 bits per heavy atom. The minimum Gasteiger partial charge on any atom is -0.466 e. The van der Waals surface area contributed by atoms with Crippen LogP contribution in [0.3, 0.4) is 0 Å². The van der Waals surface area contributed by atoms with Crippen molar-refractivity contribution >= 4 is 5.97 Å². The average Bonchev–Trinajstić information content (AvgIpc) is 2.73. The van der Waals surface area contributed by atoms with Crippen molar-refractivity contribution in [1.82, 2.24) is 5.32 Å². The van der Waals surface area contributed by atoms with Gasteiger partial charge in [-0.2, -0.15) is 0 Å². The van der Waals surface area contributed by atoms with Crippen LogP contribution in [0.25, 0.3) is 0 Å². The molecule has 0 aromatic heterocycles. The molecule has 0 aromatic carbocycles. The van der Waals surface area contributed by atoms with Crippen LogP contribution in [0.15, 0.2) is 0 Å². The fraction of sp³-hybridized carbons (Fsp3) is 0.960. The highest BCUT2D eigenvalue weighted by Gasteiger charge is 2.27. The number of likely N-dealkylation sites (N-methyl/N-ethyl adjacent to an activating group) is 1. The first-order valence-electron chi connectivity index (χ1n) is 12.6. The van der Waals surface area contributed by atoms with Crippen LogP contribution >= 0.6 is 0 Å². The molecule has 0 bridgehead atoms. The number of carbonyl (C=O) groups is 1. The van der Waals surface area contributed by atoms with E-state index in [9.17, 15) is 9.90 Å². The summed E-state index contributed by atoms with van der Waals surface area (Å²) in [4.78, 5) is 12.0. The molecule has 0 spiro atoms. The highest BCUT2D eigenvalue weighted by molar-refractivity contribution is 5.69. The molecule has 4 nitrogen and oxygen atoms in total. The van der Waals surface area contributed by atoms with Crippen molar-refractivity contribution in [3.05, 3.63) is 0 Å². The number of hydrogen-bond donors (Lipinski definition) is 2. The smallest absolute Gasteiger partial charge is 0.305 e. The number of aliphatic hydroxyl groups is 1. The molecule has 0 saturated carbocycles. The van der Waals surface area contributed by atoms with Gasteiger partial charge in [0.15, 0.2) is 0 Å². The van der Waals surface area contributed by atoms with Gasteiger partial charge in [0.25, 0.3) is 0 Å². The molecule has 0 aromatic rings. The Balaban J connectivity index is 3.77. The number of esters is 1. The number of ether oxygens (including phenoxy) is 1. The van der Waals surface area contributed by atoms with Crippen molar-refractivity contribution in [3.8, 4) is 0 Å². The van der Waals surface area contributed by atoms with Crippen LogP contribution in [0, 0.1) is 0 Å². The lowest BCUT2D eigenvalue weighted by Gasteiger charge is -2.31. The molecular formula is C25H51NO3. The topological polar surface area (TPSA) is 58.6 Å². The number of hydrogen-bond acceptors (Lipinski definition) is 4. The maximum atomic E-state index is 12.0. The molecule has 4 heteroatoms. The second kappa shape index (κ2) is 20.7. The summed E-state index contributed by atoms with van der Waals surface area (Å²) in [6.45, 7) is 4.97. The fourth-order valence-corrected chi connectivity index (χ4v) is 3.87. The van der Waals surface area contributed by atoms with Crippen LogP contribution in [0.2, 0.25) is 0 Å². The van der Waals surface area contributed by atoms with Crippen LogP contribution < -0.4 is 5.32 Å². The van der Waals surface area contributed by atoms with Gasteiger partial charge in [-0.05, 0) is 19.9 Å². The summed E-state index contributed by atoms with van der Waals surface area (Å²) in [5.74, 6) is -0.0875. The first-order valence-corrected chi connectivity index (χ1v) is 12.6. The van der Waals surface area contributed by atoms with E-state index in [0.717, 1.165) is 25.7 Å². The third-order valence-electron chi connectivity index (χ3n) is 6.17. The average molecular weight is 414 g/mol. The number of rotatable bonds is 22. The summed E-state index contributed by atoms with van der Waals surface area (Å²) in [5.41, 5.74) is -0.317. The monoisotopic (exact) mass is 413 g/mol. The van der Waals surface area contributed by atoms with Gasteiger partial charge in [-0.1, -0.05) is 104 Å². The Bertz CT molecular complexity index is 356. The van der Waals surface area contributed by atoms with Crippen LogP contribution in [0.4, 0.5) is 0 Å². The molecule has 29 heavy (non-hydrogen) atoms. The standard InChI is InChI=1S/C25H51NO3/c1-4-6-8-10-12-13-14-15-17-19-24(28)29-22-21-25(23-27,26-3)20-18-16-11-9-7-5-2/h26-27H,4-23H2,1-3H3. The van der Waals surface area contributed by atoms with E-state index in [2.05, 4.69) is 19.2 Å². The summed E-state index contributed by atoms with van der Waals surface area (Å²) in [6.07, 6.45) is 20.9. The molecule has 0 aliphatic carbocycles. The van der Waals surface area contributed by atoms with Crippen LogP contribution in [0.5, 0.6) is 0 Å². The zero-order valence-corrected chi connectivity index (χ0v) is 19.9. The largest absolute Gasteiger partial charge is 0.466 e. The molecule has 0 rings (SSSR count). The second-order valence-electron chi connectivity index (χ2n) is 8.76. The van der Waals surface area contributed by atoms with Crippen molar-refractivity contribution in [3.63, 3.8) is 0 Å². The fourth-order valence-electron chi connectivity index (χ4n) is 3.87.